The van der Waals surface area contributed by atoms with Crippen LogP contribution in [0, 0.1) is 5.92 Å². The Kier molecular flexibility index (Phi) is 8.30. The van der Waals surface area contributed by atoms with Crippen LogP contribution in [0.25, 0.3) is 0 Å². The molecular formula is C29H34F4N6O. The van der Waals surface area contributed by atoms with Crippen molar-refractivity contribution in [1.82, 2.24) is 15.2 Å². The van der Waals surface area contributed by atoms with Gasteiger partial charge >= 0.3 is 0 Å². The molecule has 2 N–H and O–H groups in total. The number of pyridine rings is 1. The summed E-state index contributed by atoms with van der Waals surface area (Å²) in [5.41, 5.74) is 1.14. The van der Waals surface area contributed by atoms with E-state index in [1.165, 1.54) is 12.3 Å². The first-order valence-electron chi connectivity index (χ1n) is 13.6. The van der Waals surface area contributed by atoms with Gasteiger partial charge in [-0.15, -0.1) is 0 Å². The Hall–Kier alpha value is -3.60. The SMILES string of the molecule is CCN1CCN(c2ccc(NC3=N/C=C/CC(C)C(OC4=CC(F)[C@@H]5NC(C)=CC5=C4F)=C3C(F)F)nc2)CC1. The zero-order chi connectivity index (χ0) is 28.4. The Balaban J connectivity index is 1.42. The van der Waals surface area contributed by atoms with Crippen molar-refractivity contribution in [1.29, 1.82) is 0 Å². The van der Waals surface area contributed by atoms with Crippen LogP contribution in [0.5, 0.6) is 0 Å². The predicted molar refractivity (Wildman–Crippen MR) is 148 cm³/mol. The number of ether oxygens (including phenoxy) is 1. The second-order valence-electron chi connectivity index (χ2n) is 10.3. The minimum atomic E-state index is -3.01. The fourth-order valence-corrected chi connectivity index (χ4v) is 5.30. The number of hydrogen-bond donors (Lipinski definition) is 2. The summed E-state index contributed by atoms with van der Waals surface area (Å²) in [6.07, 6.45) is 3.09. The Labute approximate surface area is 231 Å². The Morgan fingerprint density at radius 1 is 1.20 bits per heavy atom. The van der Waals surface area contributed by atoms with Crippen molar-refractivity contribution in [2.45, 2.75) is 45.8 Å². The van der Waals surface area contributed by atoms with Crippen LogP contribution in [0.1, 0.15) is 27.2 Å². The maximum absolute atomic E-state index is 15.4. The molecule has 4 heterocycles. The van der Waals surface area contributed by atoms with Gasteiger partial charge in [0.05, 0.1) is 23.5 Å². The molecule has 3 aliphatic heterocycles. The van der Waals surface area contributed by atoms with E-state index in [1.807, 2.05) is 6.07 Å². The Bertz CT molecular complexity index is 1290. The Morgan fingerprint density at radius 2 is 1.98 bits per heavy atom. The van der Waals surface area contributed by atoms with Crippen molar-refractivity contribution in [3.05, 3.63) is 76.9 Å². The number of hydrogen-bond acceptors (Lipinski definition) is 7. The van der Waals surface area contributed by atoms with Crippen molar-refractivity contribution in [2.75, 3.05) is 42.9 Å². The van der Waals surface area contributed by atoms with Crippen LogP contribution < -0.4 is 15.5 Å². The highest BCUT2D eigenvalue weighted by atomic mass is 19.3. The molecule has 0 radical (unpaired) electrons. The maximum atomic E-state index is 15.4. The van der Waals surface area contributed by atoms with Crippen molar-refractivity contribution >= 4 is 17.3 Å². The van der Waals surface area contributed by atoms with E-state index in [0.717, 1.165) is 44.5 Å². The number of aromatic nitrogens is 1. The van der Waals surface area contributed by atoms with Gasteiger partial charge in [0.15, 0.2) is 11.6 Å². The summed E-state index contributed by atoms with van der Waals surface area (Å²) < 4.78 is 65.3. The summed E-state index contributed by atoms with van der Waals surface area (Å²) in [5, 5.41) is 5.78. The molecule has 4 aliphatic rings. The smallest absolute Gasteiger partial charge is 0.270 e. The van der Waals surface area contributed by atoms with E-state index >= 15 is 4.39 Å². The molecule has 0 bridgehead atoms. The molecule has 0 amide bonds. The number of halogens is 4. The van der Waals surface area contributed by atoms with Crippen LogP contribution in [-0.2, 0) is 4.74 Å². The normalized spacial score (nSPS) is 26.4. The second kappa shape index (κ2) is 11.9. The first-order valence-corrected chi connectivity index (χ1v) is 13.6. The molecule has 1 saturated heterocycles. The van der Waals surface area contributed by atoms with Crippen LogP contribution >= 0.6 is 0 Å². The van der Waals surface area contributed by atoms with Gasteiger partial charge in [-0.1, -0.05) is 19.9 Å². The van der Waals surface area contributed by atoms with Gasteiger partial charge in [0.25, 0.3) is 6.43 Å². The molecule has 214 valence electrons. The van der Waals surface area contributed by atoms with Crippen molar-refractivity contribution in [2.24, 2.45) is 10.9 Å². The van der Waals surface area contributed by atoms with Gasteiger partial charge in [-0.05, 0) is 44.2 Å². The zero-order valence-corrected chi connectivity index (χ0v) is 22.8. The molecule has 0 spiro atoms. The van der Waals surface area contributed by atoms with E-state index in [2.05, 4.69) is 37.3 Å². The average Bonchev–Trinajstić information content (AvgIpc) is 3.35. The summed E-state index contributed by atoms with van der Waals surface area (Å²) in [6.45, 7) is 10.2. The van der Waals surface area contributed by atoms with E-state index in [4.69, 9.17) is 4.74 Å². The van der Waals surface area contributed by atoms with Gasteiger partial charge in [-0.2, -0.15) is 0 Å². The van der Waals surface area contributed by atoms with E-state index in [9.17, 15) is 13.2 Å². The molecule has 0 saturated carbocycles. The number of anilines is 2. The number of fused-ring (bicyclic) bond motifs is 1. The lowest BCUT2D eigenvalue weighted by atomic mass is 9.96. The van der Waals surface area contributed by atoms with Gasteiger partial charge in [0.1, 0.15) is 23.6 Å². The van der Waals surface area contributed by atoms with Crippen LogP contribution in [-0.4, -0.2) is 67.1 Å². The molecule has 1 fully saturated rings. The Morgan fingerprint density at radius 3 is 2.65 bits per heavy atom. The number of nitrogens with zero attached hydrogens (tertiary/aromatic N) is 4. The third-order valence-electron chi connectivity index (χ3n) is 7.57. The summed E-state index contributed by atoms with van der Waals surface area (Å²) in [5.74, 6) is -1.77. The fourth-order valence-electron chi connectivity index (χ4n) is 5.30. The maximum Gasteiger partial charge on any atom is 0.270 e. The lowest BCUT2D eigenvalue weighted by Gasteiger charge is -2.35. The molecule has 5 rings (SSSR count). The fraction of sp³-hybridized carbons (Fsp3) is 0.448. The lowest BCUT2D eigenvalue weighted by molar-refractivity contribution is 0.173. The largest absolute Gasteiger partial charge is 0.458 e. The molecule has 1 aromatic heterocycles. The second-order valence-corrected chi connectivity index (χ2v) is 10.3. The lowest BCUT2D eigenvalue weighted by Crippen LogP contribution is -2.46. The minimum Gasteiger partial charge on any atom is -0.458 e. The third-order valence-corrected chi connectivity index (χ3v) is 7.57. The van der Waals surface area contributed by atoms with Gasteiger partial charge in [-0.25, -0.2) is 27.5 Å². The van der Waals surface area contributed by atoms with E-state index in [0.29, 0.717) is 17.9 Å². The van der Waals surface area contributed by atoms with Crippen molar-refractivity contribution < 1.29 is 22.3 Å². The van der Waals surface area contributed by atoms with Crippen LogP contribution in [0.3, 0.4) is 0 Å². The summed E-state index contributed by atoms with van der Waals surface area (Å²) in [7, 11) is 0. The molecule has 40 heavy (non-hydrogen) atoms. The van der Waals surface area contributed by atoms with E-state index < -0.39 is 41.7 Å². The molecule has 1 aromatic rings. The number of rotatable bonds is 6. The molecule has 1 aliphatic carbocycles. The van der Waals surface area contributed by atoms with E-state index in [1.54, 1.807) is 32.2 Å². The monoisotopic (exact) mass is 558 g/mol. The minimum absolute atomic E-state index is 0.104. The van der Waals surface area contributed by atoms with Crippen molar-refractivity contribution in [3.8, 4) is 0 Å². The highest BCUT2D eigenvalue weighted by Gasteiger charge is 2.37. The van der Waals surface area contributed by atoms with Crippen LogP contribution in [0.4, 0.5) is 29.1 Å². The molecule has 0 aromatic carbocycles. The molecule has 3 atom stereocenters. The summed E-state index contributed by atoms with van der Waals surface area (Å²) >= 11 is 0. The number of likely N-dealkylation sites (N-methyl/N-ethyl adjacent to an activating group) is 1. The zero-order valence-electron chi connectivity index (χ0n) is 22.8. The quantitative estimate of drug-likeness (QED) is 0.453. The van der Waals surface area contributed by atoms with Gasteiger partial charge < -0.3 is 25.2 Å². The van der Waals surface area contributed by atoms with E-state index in [-0.39, 0.29) is 17.2 Å². The molecule has 2 unspecified atom stereocenters. The number of amidine groups is 1. The average molecular weight is 559 g/mol. The number of alkyl halides is 3. The van der Waals surface area contributed by atoms with Gasteiger partial charge in [0, 0.05) is 49.6 Å². The topological polar surface area (TPSA) is 65.0 Å². The predicted octanol–water partition coefficient (Wildman–Crippen LogP) is 5.46. The first-order chi connectivity index (χ1) is 19.2. The molecular weight excluding hydrogens is 524 g/mol. The molecule has 11 heteroatoms. The number of allylic oxidation sites excluding steroid dienone is 4. The van der Waals surface area contributed by atoms with Crippen LogP contribution in [0.15, 0.2) is 81.9 Å². The third kappa shape index (κ3) is 5.79. The highest BCUT2D eigenvalue weighted by molar-refractivity contribution is 6.08. The van der Waals surface area contributed by atoms with Crippen LogP contribution in [0.2, 0.25) is 0 Å². The van der Waals surface area contributed by atoms with Gasteiger partial charge in [-0.3, -0.25) is 0 Å². The van der Waals surface area contributed by atoms with Gasteiger partial charge in [0.2, 0.25) is 0 Å². The van der Waals surface area contributed by atoms with Crippen molar-refractivity contribution in [3.63, 3.8) is 0 Å². The first kappa shape index (κ1) is 27.9. The standard InChI is InChI=1S/C29H34F4N6O/c1-4-38-10-12-39(13-11-38)19-7-8-23(35-16-19)37-29-24(28(32)33)27(17(2)6-5-9-34-29)40-22-15-21(30)26-20(25(22)31)14-18(3)36-26/h5,7-9,14-17,21,26,28,36H,4,6,10-13H2,1-3H3,(H,34,35,37)/b9-5+,27-24?/t17?,21?,26-/m1/s1. The number of nitrogens with one attached hydrogen (secondary N) is 2. The summed E-state index contributed by atoms with van der Waals surface area (Å²) in [4.78, 5) is 13.3. The highest BCUT2D eigenvalue weighted by Crippen LogP contribution is 2.38. The number of piperazine rings is 1. The molecule has 7 nitrogen and oxygen atoms in total. The summed E-state index contributed by atoms with van der Waals surface area (Å²) in [6, 6.07) is 2.74. The number of aliphatic imine (C=N–C) groups is 1.